The molecule has 0 aliphatic rings. The number of halogens is 4. The number of rotatable bonds is 50. The Kier molecular flexibility index (Phi) is 72.5. The Balaban J connectivity index is -0.000000306. The van der Waals surface area contributed by atoms with Gasteiger partial charge in [-0.1, -0.05) is 140 Å². The minimum atomic E-state index is -1.87. The molecule has 0 amide bonds. The van der Waals surface area contributed by atoms with Crippen LogP contribution in [0.5, 0.6) is 0 Å². The zero-order valence-corrected chi connectivity index (χ0v) is 92.9. The van der Waals surface area contributed by atoms with E-state index in [0.29, 0.717) is 64.0 Å². The number of aromatic nitrogens is 4. The quantitative estimate of drug-likeness (QED) is 0.00701. The highest BCUT2D eigenvalue weighted by Gasteiger charge is 2.36. The van der Waals surface area contributed by atoms with Crippen molar-refractivity contribution in [2.24, 2.45) is 47.0 Å². The molecule has 0 spiro atoms. The second kappa shape index (κ2) is 66.3. The number of carbonyl (C=O) groups excluding carboxylic acids is 6. The van der Waals surface area contributed by atoms with Gasteiger partial charge in [0.15, 0.2) is 84.8 Å². The zero-order chi connectivity index (χ0) is 90.2. The molecule has 2 rings (SSSR count). The average molecular weight is 1890 g/mol. The van der Waals surface area contributed by atoms with Crippen molar-refractivity contribution in [3.63, 3.8) is 0 Å². The molecular weight excluding hydrogens is 1720 g/mol. The van der Waals surface area contributed by atoms with Crippen molar-refractivity contribution in [1.29, 1.82) is 0 Å². The Hall–Kier alpha value is -0.201. The maximum atomic E-state index is 11.7. The maximum absolute atomic E-state index is 11.7. The molecule has 0 saturated heterocycles. The Labute approximate surface area is 738 Å². The van der Waals surface area contributed by atoms with Crippen LogP contribution in [-0.2, 0) is 45.2 Å². The van der Waals surface area contributed by atoms with Gasteiger partial charge < -0.3 is 37.7 Å². The highest BCUT2D eigenvalue weighted by molar-refractivity contribution is 8.00. The highest BCUT2D eigenvalue weighted by atomic mass is 35.6. The van der Waals surface area contributed by atoms with Gasteiger partial charge >= 0.3 is 0 Å². The summed E-state index contributed by atoms with van der Waals surface area (Å²) in [6, 6.07) is 11.7. The number of nitrogens with two attached hydrogens (primary N) is 2. The van der Waals surface area contributed by atoms with E-state index in [1.807, 2.05) is 75.3 Å². The van der Waals surface area contributed by atoms with Gasteiger partial charge in [-0.2, -0.15) is 11.1 Å². The number of H-pyrrole nitrogens is 1. The molecule has 0 atom stereocenters. The summed E-state index contributed by atoms with van der Waals surface area (Å²) in [4.78, 5) is 91.6. The van der Waals surface area contributed by atoms with Crippen LogP contribution in [0.25, 0.3) is 0 Å². The van der Waals surface area contributed by atoms with Gasteiger partial charge in [-0.25, -0.2) is 15.0 Å². The van der Waals surface area contributed by atoms with E-state index in [0.717, 1.165) is 144 Å². The number of nitrogens with one attached hydrogen (secondary N) is 1. The van der Waals surface area contributed by atoms with Crippen LogP contribution in [0.4, 0.5) is 0 Å². The van der Waals surface area contributed by atoms with E-state index in [2.05, 4.69) is 150 Å². The van der Waals surface area contributed by atoms with Crippen molar-refractivity contribution < 1.29 is 50.0 Å². The number of carbonyl (C=O) groups is 6. The van der Waals surface area contributed by atoms with Gasteiger partial charge in [-0.3, -0.25) is 28.8 Å². The lowest BCUT2D eigenvalue weighted by molar-refractivity contribution is -0.122. The third-order valence-corrected chi connectivity index (χ3v) is 56.2. The molecule has 0 aromatic carbocycles. The predicted octanol–water partition coefficient (Wildman–Crippen LogP) is 25.2. The fraction of sp³-hybridized carbons (Fsp3) is 0.827. The van der Waals surface area contributed by atoms with Crippen molar-refractivity contribution in [3.05, 3.63) is 41.7 Å². The van der Waals surface area contributed by atoms with Crippen LogP contribution < -0.4 is 11.5 Å². The molecule has 2 heterocycles. The van der Waals surface area contributed by atoms with Crippen molar-refractivity contribution in [3.8, 4) is 0 Å². The number of ketones is 5. The Morgan fingerprint density at radius 1 is 0.404 bits per heavy atom. The van der Waals surface area contributed by atoms with Crippen LogP contribution in [-0.4, -0.2) is 171 Å². The number of hydrogen-bond acceptors (Lipinski definition) is 18. The average Bonchev–Trinajstić information content (AvgIpc) is 0.880. The van der Waals surface area contributed by atoms with Gasteiger partial charge in [0.2, 0.25) is 5.24 Å². The number of thioether (sulfide) groups is 1. The first-order valence-corrected chi connectivity index (χ1v) is 77.4. The molecule has 0 aliphatic heterocycles. The van der Waals surface area contributed by atoms with E-state index in [1.54, 1.807) is 69.6 Å². The summed E-state index contributed by atoms with van der Waals surface area (Å²) in [5.41, 5.74) is 12.2. The minimum Gasteiger partial charge on any atom is -0.455 e. The normalized spacial score (nSPS) is 12.3. The van der Waals surface area contributed by atoms with E-state index >= 15 is 0 Å². The number of aromatic amines is 1. The Morgan fingerprint density at radius 3 is 0.851 bits per heavy atom. The summed E-state index contributed by atoms with van der Waals surface area (Å²) in [6.45, 7) is 69.2. The molecule has 17 nitrogen and oxygen atoms in total. The lowest BCUT2D eigenvalue weighted by Crippen LogP contribution is -2.46. The zero-order valence-electron chi connectivity index (χ0n) is 78.3. The van der Waals surface area contributed by atoms with Crippen LogP contribution in [0.15, 0.2) is 42.1 Å². The molecule has 0 unspecified atom stereocenters. The van der Waals surface area contributed by atoms with Crippen molar-refractivity contribution in [2.75, 3.05) is 29.5 Å². The number of alkyl halides is 2. The standard InChI is InChI=1S/C20H42O3Si2.C17H32N2O2SSi2.C13H29ClO2Si2.C10H21ClOSi.C10H28N2OSi2.C4H7ClO.C4H4N2S.C3H9ClOSi/c1-17(2)19(21)13-9-11-15-24(5,6)23-25(7,8)16-12-10-14-20(22)18(3)4;1-15(2)16(20)10-7-8-13-23(3,4)21-24(5,6)14-22-17-18-11-9-12-19-17;1-12(2)13(15)9-7-8-10-17(3,4)16-18(5,6)11-14;1-9(2)10(12)7-5-6-8-13(3,4)11;1-14(2,9-5-7-11)13-15(3,4)10-6-8-12;1-3(2)4(5)6;7-4-5-2-1-3-6-4;1-6(2,5)3-4/h17-18H,9-16H2,1-8H3;9,11-12,15H,7-8,10,13-14H2,1-6H3;12H,7-11H2,1-6H3;9H,5-8H2,1-4H3;5-12H2,1-4H3;3H,1-2H3;1-3H,(H,5,6,7);5H,3H2,1-2H3. The van der Waals surface area contributed by atoms with Gasteiger partial charge in [0, 0.05) is 109 Å². The second-order valence-corrected chi connectivity index (χ2v) is 87.8. The minimum absolute atomic E-state index is 0.0216. The van der Waals surface area contributed by atoms with Crippen LogP contribution in [0, 0.1) is 40.3 Å². The Bertz CT molecular complexity index is 2830. The molecule has 114 heavy (non-hydrogen) atoms. The fourth-order valence-corrected chi connectivity index (χ4v) is 49.2. The van der Waals surface area contributed by atoms with Crippen molar-refractivity contribution in [2.45, 2.75) is 371 Å². The van der Waals surface area contributed by atoms with E-state index in [1.165, 1.54) is 12.1 Å². The number of unbranched alkanes of at least 4 members (excludes halogenated alkanes) is 5. The first-order chi connectivity index (χ1) is 51.8. The topological polar surface area (TPSA) is 266 Å². The molecule has 0 aliphatic carbocycles. The van der Waals surface area contributed by atoms with Gasteiger partial charge in [0.25, 0.3) is 0 Å². The maximum Gasteiger partial charge on any atom is 0.224 e. The smallest absolute Gasteiger partial charge is 0.224 e. The summed E-state index contributed by atoms with van der Waals surface area (Å²) >= 11 is 28.7. The van der Waals surface area contributed by atoms with Gasteiger partial charge in [-0.15, -0.1) is 23.2 Å². The molecule has 0 bridgehead atoms. The molecule has 2 aromatic rings. The van der Waals surface area contributed by atoms with E-state index in [4.69, 9.17) is 78.6 Å². The van der Waals surface area contributed by atoms with Crippen LogP contribution >= 0.6 is 69.9 Å². The summed E-state index contributed by atoms with van der Waals surface area (Å²) in [5, 5.41) is 1.53. The largest absolute Gasteiger partial charge is 0.455 e. The molecule has 33 heteroatoms. The molecule has 2 aromatic heterocycles. The van der Waals surface area contributed by atoms with Crippen LogP contribution in [0.3, 0.4) is 0 Å². The number of nitrogens with zero attached hydrogens (tertiary/aromatic N) is 3. The molecule has 0 radical (unpaired) electrons. The fourth-order valence-electron chi connectivity index (χ4n) is 11.0. The van der Waals surface area contributed by atoms with Gasteiger partial charge in [0.1, 0.15) is 36.3 Å². The second-order valence-electron chi connectivity index (χ2n) is 38.1. The number of hydrogen-bond donors (Lipinski definition) is 4. The van der Waals surface area contributed by atoms with E-state index in [9.17, 15) is 28.8 Å². The SMILES string of the molecule is CC(C)C(=O)CCCC[Si](C)(C)Cl.CC(C)C(=O)CCCC[Si](C)(C)O[Si](C)(C)CCCCC(=O)C(C)C.CC(C)C(=O)CCCC[Si](C)(C)O[Si](C)(C)CCl.CC(C)C(=O)CCCC[Si](C)(C)O[Si](C)(C)CSc1ncccn1.CC(C)C(=O)Cl.C[Si](C)(CCCN)O[Si](C)(C)CCCN.C[Si](C)(O)CCl.S=c1nccc[nH]1. The lowest BCUT2D eigenvalue weighted by atomic mass is 10.0. The first-order valence-electron chi connectivity index (χ1n) is 42.3. The van der Waals surface area contributed by atoms with Gasteiger partial charge in [0.05, 0.1) is 0 Å². The number of Topliss-reactive ketones (excluding diaryl/α,β-unsaturated/α-hetero) is 5. The van der Waals surface area contributed by atoms with Gasteiger partial charge in [-0.05, 0) is 254 Å². The van der Waals surface area contributed by atoms with Crippen LogP contribution in [0.2, 0.25) is 173 Å². The molecule has 6 N–H and O–H groups in total. The Morgan fingerprint density at radius 2 is 0.649 bits per heavy atom. The third kappa shape index (κ3) is 86.7. The summed E-state index contributed by atoms with van der Waals surface area (Å²) in [5.74, 6) is 2.74. The third-order valence-electron chi connectivity index (χ3n) is 17.4. The predicted molar refractivity (Wildman–Crippen MR) is 526 cm³/mol. The first kappa shape index (κ1) is 125. The van der Waals surface area contributed by atoms with E-state index < -0.39 is 82.2 Å². The molecular formula is C81H172Cl4N6O11S2Si10. The molecule has 0 fully saturated rings. The summed E-state index contributed by atoms with van der Waals surface area (Å²) in [6.07, 6.45) is 23.3. The van der Waals surface area contributed by atoms with Crippen molar-refractivity contribution >= 4 is 186 Å². The monoisotopic (exact) mass is 1890 g/mol. The summed E-state index contributed by atoms with van der Waals surface area (Å²) < 4.78 is 26.5. The van der Waals surface area contributed by atoms with Crippen LogP contribution in [0.1, 0.15) is 192 Å². The lowest BCUT2D eigenvalue weighted by Gasteiger charge is -2.34. The molecule has 672 valence electrons. The van der Waals surface area contributed by atoms with E-state index in [-0.39, 0.29) is 40.7 Å². The van der Waals surface area contributed by atoms with Crippen molar-refractivity contribution in [1.82, 2.24) is 19.9 Å². The summed E-state index contributed by atoms with van der Waals surface area (Å²) in [7, 11) is -16.2. The molecule has 0 saturated carbocycles. The highest BCUT2D eigenvalue weighted by Crippen LogP contribution is 2.30.